The number of nitrogens with zero attached hydrogens (tertiary/aromatic N) is 3. The van der Waals surface area contributed by atoms with Crippen LogP contribution in [0.1, 0.15) is 11.1 Å². The molecule has 16 heavy (non-hydrogen) atoms. The van der Waals surface area contributed by atoms with Crippen LogP contribution in [0, 0.1) is 22.7 Å². The zero-order valence-corrected chi connectivity index (χ0v) is 9.34. The molecule has 76 valence electrons. The summed E-state index contributed by atoms with van der Waals surface area (Å²) in [5.41, 5.74) is 1.12. The molecule has 0 bridgehead atoms. The molecule has 0 amide bonds. The quantitative estimate of drug-likeness (QED) is 0.672. The minimum Gasteiger partial charge on any atom is -0.234 e. The van der Waals surface area contributed by atoms with E-state index in [-0.39, 0.29) is 15.7 Å². The van der Waals surface area contributed by atoms with Crippen molar-refractivity contribution in [1.82, 2.24) is 4.98 Å². The van der Waals surface area contributed by atoms with E-state index in [1.165, 1.54) is 6.07 Å². The largest absolute Gasteiger partial charge is 0.234 e. The first-order valence-corrected chi connectivity index (χ1v) is 5.02. The Kier molecular flexibility index (Phi) is 2.66. The summed E-state index contributed by atoms with van der Waals surface area (Å²) in [6.07, 6.45) is 0. The second-order valence-electron chi connectivity index (χ2n) is 3.04. The number of aromatic nitrogens is 1. The van der Waals surface area contributed by atoms with Gasteiger partial charge in [-0.1, -0.05) is 23.2 Å². The van der Waals surface area contributed by atoms with E-state index < -0.39 is 0 Å². The number of hydrogen-bond acceptors (Lipinski definition) is 3. The molecular formula is C11H3Cl2N3. The Morgan fingerprint density at radius 2 is 1.88 bits per heavy atom. The third-order valence-electron chi connectivity index (χ3n) is 2.14. The minimum atomic E-state index is 0.183. The Hall–Kier alpha value is -1.81. The van der Waals surface area contributed by atoms with Crippen LogP contribution in [0.15, 0.2) is 18.2 Å². The number of rotatable bonds is 0. The standard InChI is InChI=1S/C11H3Cl2N3/c12-9-3-7-8(5-15)6(4-14)1-2-10(7)16-11(9)13/h1-3H. The number of hydrogen-bond donors (Lipinski definition) is 0. The topological polar surface area (TPSA) is 60.5 Å². The molecule has 0 saturated carbocycles. The number of benzene rings is 1. The average Bonchev–Trinajstić information content (AvgIpc) is 2.29. The van der Waals surface area contributed by atoms with Gasteiger partial charge in [0.2, 0.25) is 0 Å². The fourth-order valence-corrected chi connectivity index (χ4v) is 1.71. The molecule has 0 aliphatic carbocycles. The van der Waals surface area contributed by atoms with E-state index >= 15 is 0 Å². The van der Waals surface area contributed by atoms with Gasteiger partial charge in [-0.05, 0) is 18.2 Å². The van der Waals surface area contributed by atoms with Crippen LogP contribution in [0.5, 0.6) is 0 Å². The van der Waals surface area contributed by atoms with Crippen molar-refractivity contribution in [3.8, 4) is 12.1 Å². The SMILES string of the molecule is N#Cc1ccc2nc(Cl)c(Cl)cc2c1C#N. The monoisotopic (exact) mass is 247 g/mol. The Morgan fingerprint density at radius 3 is 2.50 bits per heavy atom. The zero-order chi connectivity index (χ0) is 11.7. The normalized spacial score (nSPS) is 9.75. The maximum absolute atomic E-state index is 9.00. The van der Waals surface area contributed by atoms with Gasteiger partial charge in [0, 0.05) is 5.39 Å². The fourth-order valence-electron chi connectivity index (χ4n) is 1.41. The van der Waals surface area contributed by atoms with E-state index in [1.54, 1.807) is 12.1 Å². The fraction of sp³-hybridized carbons (Fsp3) is 0. The summed E-state index contributed by atoms with van der Waals surface area (Å²) in [5.74, 6) is 0. The lowest BCUT2D eigenvalue weighted by Gasteiger charge is -2.03. The van der Waals surface area contributed by atoms with Gasteiger partial charge in [0.25, 0.3) is 0 Å². The average molecular weight is 248 g/mol. The second-order valence-corrected chi connectivity index (χ2v) is 3.80. The predicted molar refractivity (Wildman–Crippen MR) is 61.2 cm³/mol. The van der Waals surface area contributed by atoms with Crippen molar-refractivity contribution < 1.29 is 0 Å². The molecule has 0 unspecified atom stereocenters. The molecule has 0 aliphatic heterocycles. The van der Waals surface area contributed by atoms with Crippen LogP contribution in [0.3, 0.4) is 0 Å². The molecule has 2 aromatic rings. The minimum absolute atomic E-state index is 0.183. The van der Waals surface area contributed by atoms with Crippen molar-refractivity contribution in [2.45, 2.75) is 0 Å². The molecule has 0 saturated heterocycles. The Morgan fingerprint density at radius 1 is 1.12 bits per heavy atom. The van der Waals surface area contributed by atoms with Crippen LogP contribution in [-0.2, 0) is 0 Å². The van der Waals surface area contributed by atoms with E-state index in [9.17, 15) is 0 Å². The summed E-state index contributed by atoms with van der Waals surface area (Å²) in [5, 5.41) is 18.8. The van der Waals surface area contributed by atoms with Gasteiger partial charge in [0.05, 0.1) is 21.7 Å². The van der Waals surface area contributed by atoms with Gasteiger partial charge in [0.1, 0.15) is 17.3 Å². The van der Waals surface area contributed by atoms with Gasteiger partial charge < -0.3 is 0 Å². The smallest absolute Gasteiger partial charge is 0.148 e. The van der Waals surface area contributed by atoms with E-state index in [1.807, 2.05) is 12.1 Å². The lowest BCUT2D eigenvalue weighted by Crippen LogP contribution is -1.89. The summed E-state index contributed by atoms with van der Waals surface area (Å²) >= 11 is 11.6. The molecule has 3 nitrogen and oxygen atoms in total. The van der Waals surface area contributed by atoms with Gasteiger partial charge in [0.15, 0.2) is 0 Å². The molecule has 0 atom stereocenters. The summed E-state index contributed by atoms with van der Waals surface area (Å²) < 4.78 is 0. The van der Waals surface area contributed by atoms with Crippen LogP contribution in [-0.4, -0.2) is 4.98 Å². The molecule has 0 spiro atoms. The van der Waals surface area contributed by atoms with Crippen molar-refractivity contribution in [3.63, 3.8) is 0 Å². The highest BCUT2D eigenvalue weighted by Gasteiger charge is 2.10. The Labute approximate surface area is 101 Å². The van der Waals surface area contributed by atoms with E-state index in [4.69, 9.17) is 33.7 Å². The third-order valence-corrected chi connectivity index (χ3v) is 2.81. The van der Waals surface area contributed by atoms with E-state index in [0.29, 0.717) is 16.5 Å². The molecule has 0 fully saturated rings. The first-order chi connectivity index (χ1) is 7.67. The molecular weight excluding hydrogens is 245 g/mol. The predicted octanol–water partition coefficient (Wildman–Crippen LogP) is 3.28. The van der Waals surface area contributed by atoms with Gasteiger partial charge in [-0.3, -0.25) is 0 Å². The highest BCUT2D eigenvalue weighted by molar-refractivity contribution is 6.41. The molecule has 2 rings (SSSR count). The lowest BCUT2D eigenvalue weighted by atomic mass is 10.0. The number of nitriles is 2. The molecule has 1 heterocycles. The molecule has 5 heteroatoms. The van der Waals surface area contributed by atoms with Crippen LogP contribution in [0.25, 0.3) is 10.9 Å². The first-order valence-electron chi connectivity index (χ1n) is 4.26. The summed E-state index contributed by atoms with van der Waals surface area (Å²) in [6.45, 7) is 0. The highest BCUT2D eigenvalue weighted by Crippen LogP contribution is 2.27. The maximum atomic E-state index is 9.00. The van der Waals surface area contributed by atoms with Crippen molar-refractivity contribution in [3.05, 3.63) is 39.5 Å². The van der Waals surface area contributed by atoms with E-state index in [0.717, 1.165) is 0 Å². The Bertz CT molecular complexity index is 665. The molecule has 1 aromatic heterocycles. The van der Waals surface area contributed by atoms with Crippen LogP contribution in [0.2, 0.25) is 10.2 Å². The van der Waals surface area contributed by atoms with Crippen molar-refractivity contribution >= 4 is 34.1 Å². The van der Waals surface area contributed by atoms with Crippen molar-refractivity contribution in [2.75, 3.05) is 0 Å². The van der Waals surface area contributed by atoms with E-state index in [2.05, 4.69) is 4.98 Å². The van der Waals surface area contributed by atoms with Crippen molar-refractivity contribution in [2.24, 2.45) is 0 Å². The Balaban J connectivity index is 2.95. The molecule has 0 aliphatic rings. The van der Waals surface area contributed by atoms with Gasteiger partial charge in [-0.2, -0.15) is 10.5 Å². The lowest BCUT2D eigenvalue weighted by molar-refractivity contribution is 1.39. The van der Waals surface area contributed by atoms with Crippen LogP contribution >= 0.6 is 23.2 Å². The highest BCUT2D eigenvalue weighted by atomic mass is 35.5. The van der Waals surface area contributed by atoms with Crippen LogP contribution in [0.4, 0.5) is 0 Å². The molecule has 0 radical (unpaired) electrons. The zero-order valence-electron chi connectivity index (χ0n) is 7.83. The maximum Gasteiger partial charge on any atom is 0.148 e. The van der Waals surface area contributed by atoms with Gasteiger partial charge in [-0.25, -0.2) is 4.98 Å². The number of fused-ring (bicyclic) bond motifs is 1. The number of pyridine rings is 1. The third kappa shape index (κ3) is 1.57. The molecule has 0 N–H and O–H groups in total. The number of halogens is 2. The van der Waals surface area contributed by atoms with Gasteiger partial charge >= 0.3 is 0 Å². The summed E-state index contributed by atoms with van der Waals surface area (Å²) in [6, 6.07) is 8.64. The summed E-state index contributed by atoms with van der Waals surface area (Å²) in [7, 11) is 0. The molecule has 1 aromatic carbocycles. The van der Waals surface area contributed by atoms with Crippen molar-refractivity contribution in [1.29, 1.82) is 10.5 Å². The van der Waals surface area contributed by atoms with Crippen LogP contribution < -0.4 is 0 Å². The van der Waals surface area contributed by atoms with Gasteiger partial charge in [-0.15, -0.1) is 0 Å². The summed E-state index contributed by atoms with van der Waals surface area (Å²) in [4.78, 5) is 4.03. The second kappa shape index (κ2) is 3.98. The first kappa shape index (κ1) is 10.7.